The highest BCUT2D eigenvalue weighted by molar-refractivity contribution is 6.34. The molecule has 0 spiro atoms. The van der Waals surface area contributed by atoms with Gasteiger partial charge in [-0.3, -0.25) is 19.0 Å². The van der Waals surface area contributed by atoms with Crippen LogP contribution in [0.4, 0.5) is 20.2 Å². The number of amides is 2. The molecule has 9 nitrogen and oxygen atoms in total. The molecule has 6 rings (SSSR count). The Morgan fingerprint density at radius 1 is 1.14 bits per heavy atom. The lowest BCUT2D eigenvalue weighted by atomic mass is 9.98. The molecule has 4 aromatic rings. The van der Waals surface area contributed by atoms with Crippen LogP contribution in [0, 0.1) is 11.6 Å². The number of likely N-dealkylation sites (N-methyl/N-ethyl adjacent to an activating group) is 1. The van der Waals surface area contributed by atoms with Crippen molar-refractivity contribution in [1.82, 2.24) is 14.5 Å². The third-order valence-corrected chi connectivity index (χ3v) is 8.34. The van der Waals surface area contributed by atoms with E-state index in [1.807, 2.05) is 6.92 Å². The molecule has 2 amide bonds. The van der Waals surface area contributed by atoms with E-state index in [9.17, 15) is 28.3 Å². The lowest BCUT2D eigenvalue weighted by Crippen LogP contribution is -2.66. The molecule has 12 heteroatoms. The predicted molar refractivity (Wildman–Crippen MR) is 159 cm³/mol. The average Bonchev–Trinajstić information content (AvgIpc) is 2.98. The van der Waals surface area contributed by atoms with Crippen molar-refractivity contribution in [2.45, 2.75) is 25.6 Å². The molecule has 2 aromatic heterocycles. The van der Waals surface area contributed by atoms with Crippen molar-refractivity contribution in [2.75, 3.05) is 29.9 Å². The molecule has 2 aliphatic heterocycles. The summed E-state index contributed by atoms with van der Waals surface area (Å²) in [5, 5.41) is 10.9. The summed E-state index contributed by atoms with van der Waals surface area (Å²) in [6.07, 6.45) is 1.20. The number of phenolic OH excluding ortho intramolecular Hbond substituents is 1. The zero-order valence-corrected chi connectivity index (χ0v) is 24.0. The lowest BCUT2D eigenvalue weighted by molar-refractivity contribution is -0.130. The number of aromatic nitrogens is 2. The maximum atomic E-state index is 15.0. The topological polar surface area (TPSA) is 99.0 Å². The van der Waals surface area contributed by atoms with Crippen LogP contribution in [-0.2, 0) is 16.1 Å². The first-order valence-electron chi connectivity index (χ1n) is 13.5. The van der Waals surface area contributed by atoms with Crippen LogP contribution in [0.1, 0.15) is 12.5 Å². The number of pyridine rings is 2. The summed E-state index contributed by atoms with van der Waals surface area (Å²) in [6.45, 7) is 5.64. The van der Waals surface area contributed by atoms with Crippen LogP contribution in [-0.4, -0.2) is 63.6 Å². The van der Waals surface area contributed by atoms with Crippen molar-refractivity contribution in [3.05, 3.63) is 93.8 Å². The number of hydrogen-bond acceptors (Lipinski definition) is 6. The Morgan fingerprint density at radius 3 is 2.53 bits per heavy atom. The summed E-state index contributed by atoms with van der Waals surface area (Å²) in [4.78, 5) is 49.8. The van der Waals surface area contributed by atoms with E-state index >= 15 is 0 Å². The number of halogens is 3. The summed E-state index contributed by atoms with van der Waals surface area (Å²) in [5.41, 5.74) is 0.312. The fourth-order valence-electron chi connectivity index (χ4n) is 5.94. The lowest BCUT2D eigenvalue weighted by Gasteiger charge is -2.49. The van der Waals surface area contributed by atoms with Crippen LogP contribution in [0.5, 0.6) is 5.75 Å². The molecule has 2 aromatic carbocycles. The number of carbonyl (C=O) groups is 2. The normalized spacial score (nSPS) is 18.1. The number of fused-ring (bicyclic) bond motifs is 5. The monoisotopic (exact) mass is 605 g/mol. The minimum atomic E-state index is -0.804. The highest BCUT2D eigenvalue weighted by Crippen LogP contribution is 2.44. The SMILES string of the molecule is C=CC(=O)N1C[C@@H]2C(=O)N(C)c3c(c4cc(Cl)c(-c5c(O)cccc5F)nc4n(Cc4ccc(F)cc4)c3=O)N2C[C@H]1C. The van der Waals surface area contributed by atoms with Crippen molar-refractivity contribution >= 4 is 45.8 Å². The third kappa shape index (κ3) is 4.51. The number of phenols is 1. The van der Waals surface area contributed by atoms with E-state index in [-0.39, 0.29) is 70.9 Å². The van der Waals surface area contributed by atoms with E-state index in [0.29, 0.717) is 16.6 Å². The quantitative estimate of drug-likeness (QED) is 0.348. The Labute approximate surface area is 249 Å². The predicted octanol–water partition coefficient (Wildman–Crippen LogP) is 4.32. The van der Waals surface area contributed by atoms with E-state index in [4.69, 9.17) is 11.6 Å². The summed E-state index contributed by atoms with van der Waals surface area (Å²) >= 11 is 6.71. The second-order valence-corrected chi connectivity index (χ2v) is 11.1. The Bertz CT molecular complexity index is 1870. The molecule has 1 N–H and O–H groups in total. The number of anilines is 2. The van der Waals surface area contributed by atoms with E-state index in [2.05, 4.69) is 11.6 Å². The molecule has 4 heterocycles. The summed E-state index contributed by atoms with van der Waals surface area (Å²) in [7, 11) is 1.49. The molecular weight excluding hydrogens is 580 g/mol. The summed E-state index contributed by atoms with van der Waals surface area (Å²) < 4.78 is 30.0. The maximum Gasteiger partial charge on any atom is 0.278 e. The Hall–Kier alpha value is -4.77. The van der Waals surface area contributed by atoms with Crippen LogP contribution in [0.15, 0.2) is 66.0 Å². The van der Waals surface area contributed by atoms with Crippen molar-refractivity contribution in [3.8, 4) is 17.0 Å². The van der Waals surface area contributed by atoms with Gasteiger partial charge in [0.15, 0.2) is 0 Å². The van der Waals surface area contributed by atoms with Gasteiger partial charge >= 0.3 is 0 Å². The van der Waals surface area contributed by atoms with Gasteiger partial charge in [-0.05, 0) is 48.9 Å². The van der Waals surface area contributed by atoms with Gasteiger partial charge in [-0.25, -0.2) is 13.8 Å². The molecule has 1 saturated heterocycles. The summed E-state index contributed by atoms with van der Waals surface area (Å²) in [6, 6.07) is 9.78. The molecule has 2 atom stereocenters. The Kier molecular flexibility index (Phi) is 6.92. The van der Waals surface area contributed by atoms with E-state index in [1.165, 1.54) is 65.1 Å². The number of nitrogens with zero attached hydrogens (tertiary/aromatic N) is 5. The van der Waals surface area contributed by atoms with Gasteiger partial charge in [0.05, 0.1) is 35.1 Å². The highest BCUT2D eigenvalue weighted by atomic mass is 35.5. The van der Waals surface area contributed by atoms with Gasteiger partial charge in [0.1, 0.15) is 34.8 Å². The van der Waals surface area contributed by atoms with Gasteiger partial charge in [0.2, 0.25) is 5.91 Å². The standard InChI is InChI=1S/C31H26ClF2N5O4/c1-4-24(41)37-15-22-30(42)36(3)28-27(38(22)13-16(37)2)19-12-20(32)26(25-21(34)6-5-7-23(25)40)35-29(19)39(31(28)43)14-17-8-10-18(33)11-9-17/h4-12,16,22,40H,1,13-15H2,2-3H3/t16-,22-/m1/s1. The zero-order chi connectivity index (χ0) is 30.7. The van der Waals surface area contributed by atoms with Crippen LogP contribution in [0.25, 0.3) is 22.3 Å². The first-order chi connectivity index (χ1) is 20.5. The highest BCUT2D eigenvalue weighted by Gasteiger charge is 2.45. The fraction of sp³-hybridized carbons (Fsp3) is 0.226. The second-order valence-electron chi connectivity index (χ2n) is 10.6. The molecule has 0 aliphatic carbocycles. The van der Waals surface area contributed by atoms with Crippen LogP contribution >= 0.6 is 11.6 Å². The molecule has 0 bridgehead atoms. The molecule has 0 radical (unpaired) electrons. The minimum Gasteiger partial charge on any atom is -0.507 e. The first-order valence-corrected chi connectivity index (χ1v) is 13.9. The van der Waals surface area contributed by atoms with Crippen molar-refractivity contribution in [3.63, 3.8) is 0 Å². The minimum absolute atomic E-state index is 0.00621. The molecule has 43 heavy (non-hydrogen) atoms. The molecular formula is C31H26ClF2N5O4. The van der Waals surface area contributed by atoms with Crippen LogP contribution in [0.2, 0.25) is 5.02 Å². The maximum absolute atomic E-state index is 15.0. The average molecular weight is 606 g/mol. The smallest absolute Gasteiger partial charge is 0.278 e. The van der Waals surface area contributed by atoms with Gasteiger partial charge in [0.25, 0.3) is 11.5 Å². The molecule has 2 aliphatic rings. The van der Waals surface area contributed by atoms with Crippen LogP contribution in [0.3, 0.4) is 0 Å². The van der Waals surface area contributed by atoms with Crippen molar-refractivity contribution in [2.24, 2.45) is 0 Å². The van der Waals surface area contributed by atoms with Gasteiger partial charge < -0.3 is 19.8 Å². The molecule has 0 unspecified atom stereocenters. The number of benzene rings is 2. The molecule has 220 valence electrons. The van der Waals surface area contributed by atoms with Crippen molar-refractivity contribution in [1.29, 1.82) is 0 Å². The summed E-state index contributed by atoms with van der Waals surface area (Å²) in [5.74, 6) is -2.29. The van der Waals surface area contributed by atoms with E-state index in [0.717, 1.165) is 6.07 Å². The number of carbonyl (C=O) groups excluding carboxylic acids is 2. The fourth-order valence-corrected chi connectivity index (χ4v) is 6.18. The Balaban J connectivity index is 1.65. The molecule has 1 fully saturated rings. The number of hydrogen-bond donors (Lipinski definition) is 1. The number of piperazine rings is 1. The van der Waals surface area contributed by atoms with Crippen LogP contribution < -0.4 is 15.4 Å². The van der Waals surface area contributed by atoms with E-state index < -0.39 is 23.2 Å². The molecule has 0 saturated carbocycles. The van der Waals surface area contributed by atoms with Crippen molar-refractivity contribution < 1.29 is 23.5 Å². The van der Waals surface area contributed by atoms with Gasteiger partial charge in [-0.15, -0.1) is 0 Å². The number of aromatic hydroxyl groups is 1. The number of rotatable bonds is 4. The second kappa shape index (κ2) is 10.5. The first kappa shape index (κ1) is 28.4. The van der Waals surface area contributed by atoms with Gasteiger partial charge in [0, 0.05) is 25.0 Å². The zero-order valence-electron chi connectivity index (χ0n) is 23.2. The van der Waals surface area contributed by atoms with Gasteiger partial charge in [-0.1, -0.05) is 36.4 Å². The Morgan fingerprint density at radius 2 is 1.86 bits per heavy atom. The van der Waals surface area contributed by atoms with Gasteiger partial charge in [-0.2, -0.15) is 0 Å². The third-order valence-electron chi connectivity index (χ3n) is 8.06. The van der Waals surface area contributed by atoms with E-state index in [1.54, 1.807) is 9.80 Å². The largest absolute Gasteiger partial charge is 0.507 e.